The van der Waals surface area contributed by atoms with E-state index in [1.807, 2.05) is 0 Å². The van der Waals surface area contributed by atoms with E-state index >= 15 is 0 Å². The normalized spacial score (nSPS) is 20.8. The summed E-state index contributed by atoms with van der Waals surface area (Å²) in [4.78, 5) is 6.95. The standard InChI is InChI=1S/C14H26N4O/c1-3-7-13-16-14(19-17-13)11-18-9-6-5-8-12(18)10-15-4-2/h12,15H,3-11H2,1-2H3. The second-order valence-electron chi connectivity index (χ2n) is 5.28. The second kappa shape index (κ2) is 7.60. The number of aromatic nitrogens is 2. The highest BCUT2D eigenvalue weighted by Gasteiger charge is 2.23. The number of rotatable bonds is 7. The molecule has 1 N–H and O–H groups in total. The fourth-order valence-corrected chi connectivity index (χ4v) is 2.66. The van der Waals surface area contributed by atoms with Gasteiger partial charge in [-0.3, -0.25) is 4.90 Å². The molecule has 1 aromatic heterocycles. The van der Waals surface area contributed by atoms with E-state index in [-0.39, 0.29) is 0 Å². The van der Waals surface area contributed by atoms with E-state index in [4.69, 9.17) is 4.52 Å². The zero-order valence-electron chi connectivity index (χ0n) is 12.2. The monoisotopic (exact) mass is 266 g/mol. The van der Waals surface area contributed by atoms with E-state index < -0.39 is 0 Å². The summed E-state index contributed by atoms with van der Waals surface area (Å²) < 4.78 is 5.35. The summed E-state index contributed by atoms with van der Waals surface area (Å²) in [6, 6.07) is 0.607. The van der Waals surface area contributed by atoms with Gasteiger partial charge in [0.2, 0.25) is 5.89 Å². The van der Waals surface area contributed by atoms with Crippen molar-refractivity contribution in [2.45, 2.75) is 58.5 Å². The van der Waals surface area contributed by atoms with Gasteiger partial charge in [0, 0.05) is 19.0 Å². The Morgan fingerprint density at radius 3 is 3.05 bits per heavy atom. The Hall–Kier alpha value is -0.940. The number of hydrogen-bond acceptors (Lipinski definition) is 5. The van der Waals surface area contributed by atoms with Gasteiger partial charge in [-0.15, -0.1) is 0 Å². The molecule has 0 aliphatic carbocycles. The van der Waals surface area contributed by atoms with Crippen molar-refractivity contribution in [1.82, 2.24) is 20.4 Å². The molecule has 0 amide bonds. The van der Waals surface area contributed by atoms with Gasteiger partial charge in [0.1, 0.15) is 0 Å². The van der Waals surface area contributed by atoms with Crippen molar-refractivity contribution in [3.05, 3.63) is 11.7 Å². The molecule has 5 nitrogen and oxygen atoms in total. The number of hydrogen-bond donors (Lipinski definition) is 1. The molecule has 19 heavy (non-hydrogen) atoms. The molecule has 1 aliphatic heterocycles. The third kappa shape index (κ3) is 4.28. The van der Waals surface area contributed by atoms with E-state index in [2.05, 4.69) is 34.2 Å². The van der Waals surface area contributed by atoms with Gasteiger partial charge >= 0.3 is 0 Å². The summed E-state index contributed by atoms with van der Waals surface area (Å²) in [6.45, 7) is 8.32. The summed E-state index contributed by atoms with van der Waals surface area (Å²) in [5.74, 6) is 1.62. The highest BCUT2D eigenvalue weighted by atomic mass is 16.5. The number of nitrogens with zero attached hydrogens (tertiary/aromatic N) is 3. The number of piperidine rings is 1. The number of nitrogens with one attached hydrogen (secondary N) is 1. The van der Waals surface area contributed by atoms with Crippen molar-refractivity contribution in [3.63, 3.8) is 0 Å². The minimum Gasteiger partial charge on any atom is -0.338 e. The van der Waals surface area contributed by atoms with Gasteiger partial charge in [0.05, 0.1) is 6.54 Å². The molecule has 1 saturated heterocycles. The largest absolute Gasteiger partial charge is 0.338 e. The van der Waals surface area contributed by atoms with Crippen molar-refractivity contribution in [2.24, 2.45) is 0 Å². The van der Waals surface area contributed by atoms with Crippen LogP contribution in [0.5, 0.6) is 0 Å². The van der Waals surface area contributed by atoms with Crippen LogP contribution >= 0.6 is 0 Å². The summed E-state index contributed by atoms with van der Waals surface area (Å²) in [7, 11) is 0. The van der Waals surface area contributed by atoms with Crippen LogP contribution in [0.4, 0.5) is 0 Å². The average molecular weight is 266 g/mol. The topological polar surface area (TPSA) is 54.2 Å². The van der Waals surface area contributed by atoms with E-state index in [9.17, 15) is 0 Å². The maximum absolute atomic E-state index is 5.35. The molecule has 1 atom stereocenters. The number of likely N-dealkylation sites (tertiary alicyclic amines) is 1. The Morgan fingerprint density at radius 1 is 1.37 bits per heavy atom. The summed E-state index contributed by atoms with van der Waals surface area (Å²) >= 11 is 0. The van der Waals surface area contributed by atoms with Crippen molar-refractivity contribution in [1.29, 1.82) is 0 Å². The Labute approximate surface area is 115 Å². The first-order valence-electron chi connectivity index (χ1n) is 7.59. The Bertz CT molecular complexity index is 366. The summed E-state index contributed by atoms with van der Waals surface area (Å²) in [6.07, 6.45) is 5.84. The SMILES string of the molecule is CCCc1noc(CN2CCCCC2CNCC)n1. The third-order valence-corrected chi connectivity index (χ3v) is 3.70. The van der Waals surface area contributed by atoms with Gasteiger partial charge in [0.15, 0.2) is 5.82 Å². The fourth-order valence-electron chi connectivity index (χ4n) is 2.66. The quantitative estimate of drug-likeness (QED) is 0.818. The Morgan fingerprint density at radius 2 is 2.26 bits per heavy atom. The van der Waals surface area contributed by atoms with Gasteiger partial charge < -0.3 is 9.84 Å². The number of likely N-dealkylation sites (N-methyl/N-ethyl adjacent to an activating group) is 1. The molecule has 2 heterocycles. The lowest BCUT2D eigenvalue weighted by Crippen LogP contribution is -2.45. The van der Waals surface area contributed by atoms with Gasteiger partial charge in [-0.05, 0) is 32.4 Å². The first-order valence-corrected chi connectivity index (χ1v) is 7.59. The minimum absolute atomic E-state index is 0.607. The fraction of sp³-hybridized carbons (Fsp3) is 0.857. The number of aryl methyl sites for hydroxylation is 1. The molecule has 1 fully saturated rings. The Kier molecular flexibility index (Phi) is 5.79. The van der Waals surface area contributed by atoms with Gasteiger partial charge in [-0.25, -0.2) is 0 Å². The van der Waals surface area contributed by atoms with Crippen LogP contribution in [0.2, 0.25) is 0 Å². The lowest BCUT2D eigenvalue weighted by Gasteiger charge is -2.34. The van der Waals surface area contributed by atoms with Crippen LogP contribution in [-0.2, 0) is 13.0 Å². The molecule has 0 spiro atoms. The molecular formula is C14H26N4O. The van der Waals surface area contributed by atoms with Crippen molar-refractivity contribution < 1.29 is 4.52 Å². The van der Waals surface area contributed by atoms with Gasteiger partial charge in [-0.1, -0.05) is 25.4 Å². The van der Waals surface area contributed by atoms with Crippen LogP contribution in [0, 0.1) is 0 Å². The molecule has 108 valence electrons. The Balaban J connectivity index is 1.90. The van der Waals surface area contributed by atoms with E-state index in [1.165, 1.54) is 19.3 Å². The van der Waals surface area contributed by atoms with Crippen LogP contribution in [0.25, 0.3) is 0 Å². The smallest absolute Gasteiger partial charge is 0.240 e. The predicted octanol–water partition coefficient (Wildman–Crippen LogP) is 1.99. The van der Waals surface area contributed by atoms with E-state index in [0.29, 0.717) is 6.04 Å². The molecule has 1 aromatic rings. The van der Waals surface area contributed by atoms with Gasteiger partial charge in [-0.2, -0.15) is 4.98 Å². The highest BCUT2D eigenvalue weighted by Crippen LogP contribution is 2.18. The lowest BCUT2D eigenvalue weighted by atomic mass is 10.0. The maximum atomic E-state index is 5.35. The molecule has 0 saturated carbocycles. The van der Waals surface area contributed by atoms with Crippen LogP contribution in [-0.4, -0.2) is 40.7 Å². The van der Waals surface area contributed by atoms with Crippen molar-refractivity contribution in [3.8, 4) is 0 Å². The minimum atomic E-state index is 0.607. The average Bonchev–Trinajstić information content (AvgIpc) is 2.86. The first-order chi connectivity index (χ1) is 9.33. The molecule has 5 heteroatoms. The molecule has 1 aliphatic rings. The zero-order chi connectivity index (χ0) is 13.5. The van der Waals surface area contributed by atoms with Crippen LogP contribution < -0.4 is 5.32 Å². The molecule has 0 aromatic carbocycles. The maximum Gasteiger partial charge on any atom is 0.240 e. The predicted molar refractivity (Wildman–Crippen MR) is 74.9 cm³/mol. The van der Waals surface area contributed by atoms with Gasteiger partial charge in [0.25, 0.3) is 0 Å². The summed E-state index contributed by atoms with van der Waals surface area (Å²) in [5.41, 5.74) is 0. The zero-order valence-corrected chi connectivity index (χ0v) is 12.2. The first kappa shape index (κ1) is 14.5. The van der Waals surface area contributed by atoms with Crippen LogP contribution in [0.15, 0.2) is 4.52 Å². The molecule has 0 radical (unpaired) electrons. The molecule has 2 rings (SSSR count). The highest BCUT2D eigenvalue weighted by molar-refractivity contribution is 4.89. The second-order valence-corrected chi connectivity index (χ2v) is 5.28. The van der Waals surface area contributed by atoms with Crippen molar-refractivity contribution >= 4 is 0 Å². The third-order valence-electron chi connectivity index (χ3n) is 3.70. The molecular weight excluding hydrogens is 240 g/mol. The van der Waals surface area contributed by atoms with E-state index in [1.54, 1.807) is 0 Å². The summed E-state index contributed by atoms with van der Waals surface area (Å²) in [5, 5.41) is 7.48. The van der Waals surface area contributed by atoms with Crippen molar-refractivity contribution in [2.75, 3.05) is 19.6 Å². The van der Waals surface area contributed by atoms with E-state index in [0.717, 1.165) is 50.7 Å². The van der Waals surface area contributed by atoms with Crippen LogP contribution in [0.3, 0.4) is 0 Å². The molecule has 0 bridgehead atoms. The van der Waals surface area contributed by atoms with Crippen LogP contribution in [0.1, 0.15) is 51.2 Å². The lowest BCUT2D eigenvalue weighted by molar-refractivity contribution is 0.122. The molecule has 1 unspecified atom stereocenters.